The first-order chi connectivity index (χ1) is 26.4. The third-order valence-electron chi connectivity index (χ3n) is 9.99. The maximum atomic E-state index is 13.6. The number of anilines is 1. The molecule has 2 aliphatic rings. The predicted molar refractivity (Wildman–Crippen MR) is 215 cm³/mol. The van der Waals surface area contributed by atoms with E-state index in [1.165, 1.54) is 0 Å². The molecule has 6 rings (SSSR count). The zero-order chi connectivity index (χ0) is 40.4. The van der Waals surface area contributed by atoms with Crippen LogP contribution in [-0.2, 0) is 51.4 Å². The van der Waals surface area contributed by atoms with Crippen LogP contribution in [0.1, 0.15) is 102 Å². The van der Waals surface area contributed by atoms with Crippen molar-refractivity contribution in [2.75, 3.05) is 31.5 Å². The molecular formula is C45H53N5O6. The van der Waals surface area contributed by atoms with Crippen LogP contribution >= 0.6 is 0 Å². The molecule has 1 N–H and O–H groups in total. The van der Waals surface area contributed by atoms with E-state index in [9.17, 15) is 19.2 Å². The summed E-state index contributed by atoms with van der Waals surface area (Å²) >= 11 is 0. The van der Waals surface area contributed by atoms with Crippen LogP contribution < -0.4 is 5.32 Å². The van der Waals surface area contributed by atoms with Gasteiger partial charge in [0.15, 0.2) is 5.78 Å². The highest BCUT2D eigenvalue weighted by Gasteiger charge is 2.26. The average molecular weight is 760 g/mol. The molecule has 2 aliphatic heterocycles. The first kappa shape index (κ1) is 40.4. The van der Waals surface area contributed by atoms with Crippen LogP contribution in [0.5, 0.6) is 0 Å². The molecule has 1 amide bonds. The normalized spacial score (nSPS) is 14.7. The lowest BCUT2D eigenvalue weighted by Gasteiger charge is -2.29. The molecule has 0 saturated carbocycles. The van der Waals surface area contributed by atoms with E-state index in [-0.39, 0.29) is 43.1 Å². The van der Waals surface area contributed by atoms with Crippen LogP contribution in [0.2, 0.25) is 0 Å². The van der Waals surface area contributed by atoms with Gasteiger partial charge in [-0.05, 0) is 113 Å². The molecular weight excluding hydrogens is 707 g/mol. The molecule has 2 aromatic heterocycles. The minimum absolute atomic E-state index is 0.0599. The van der Waals surface area contributed by atoms with Crippen LogP contribution in [0, 0.1) is 13.8 Å². The summed E-state index contributed by atoms with van der Waals surface area (Å²) in [6.07, 6.45) is 1.48. The molecule has 0 atom stereocenters. The second-order valence-corrected chi connectivity index (χ2v) is 16.8. The zero-order valence-corrected chi connectivity index (χ0v) is 33.9. The quantitative estimate of drug-likeness (QED) is 0.136. The first-order valence-corrected chi connectivity index (χ1v) is 19.3. The van der Waals surface area contributed by atoms with Gasteiger partial charge in [0.25, 0.3) is 5.91 Å². The van der Waals surface area contributed by atoms with Gasteiger partial charge in [-0.1, -0.05) is 42.5 Å². The molecule has 0 saturated heterocycles. The van der Waals surface area contributed by atoms with Crippen molar-refractivity contribution in [3.05, 3.63) is 111 Å². The van der Waals surface area contributed by atoms with E-state index >= 15 is 0 Å². The summed E-state index contributed by atoms with van der Waals surface area (Å²) < 4.78 is 11.0. The van der Waals surface area contributed by atoms with Crippen molar-refractivity contribution in [3.63, 3.8) is 0 Å². The Labute approximate surface area is 329 Å². The lowest BCUT2D eigenvalue weighted by atomic mass is 9.91. The van der Waals surface area contributed by atoms with E-state index < -0.39 is 11.2 Å². The van der Waals surface area contributed by atoms with Gasteiger partial charge in [0.05, 0.1) is 13.1 Å². The number of esters is 2. The third-order valence-corrected chi connectivity index (χ3v) is 9.99. The van der Waals surface area contributed by atoms with E-state index in [2.05, 4.69) is 5.32 Å². The zero-order valence-electron chi connectivity index (χ0n) is 33.9. The van der Waals surface area contributed by atoms with E-state index in [0.29, 0.717) is 56.1 Å². The molecule has 0 spiro atoms. The number of benzene rings is 2. The number of Topliss-reactive ketones (excluding diaryl/α,β-unsaturated/α-hetero) is 1. The number of hydrogen-bond acceptors (Lipinski definition) is 10. The molecule has 4 aromatic rings. The molecule has 2 aromatic carbocycles. The van der Waals surface area contributed by atoms with Crippen LogP contribution in [0.3, 0.4) is 0 Å². The summed E-state index contributed by atoms with van der Waals surface area (Å²) in [4.78, 5) is 65.4. The summed E-state index contributed by atoms with van der Waals surface area (Å²) in [7, 11) is 0. The van der Waals surface area contributed by atoms with Crippen LogP contribution in [-0.4, -0.2) is 80.8 Å². The monoisotopic (exact) mass is 759 g/mol. The SMILES string of the molecule is Cc1c(CC(=O)c2ccc3c(n2)CCN(CC(=O)OC(C)(C)C)C3)cccc1-c1cccc(NC(=O)c2ccc3c(n2)CCN(CC(=O)OC(C)(C)C)C3)c1C. The van der Waals surface area contributed by atoms with Gasteiger partial charge < -0.3 is 14.8 Å². The Morgan fingerprint density at radius 2 is 1.16 bits per heavy atom. The largest absolute Gasteiger partial charge is 0.459 e. The molecule has 56 heavy (non-hydrogen) atoms. The predicted octanol–water partition coefficient (Wildman–Crippen LogP) is 6.84. The summed E-state index contributed by atoms with van der Waals surface area (Å²) in [5.41, 5.74) is 8.89. The Balaban J connectivity index is 1.10. The van der Waals surface area contributed by atoms with Crippen LogP contribution in [0.15, 0.2) is 60.7 Å². The van der Waals surface area contributed by atoms with Gasteiger partial charge in [-0.15, -0.1) is 0 Å². The van der Waals surface area contributed by atoms with E-state index in [0.717, 1.165) is 50.3 Å². The standard InChI is InChI=1S/C45H53N5O6/c1-28-30(23-40(51)38-17-15-31-24-49(21-19-36(31)46-38)26-41(52)55-44(3,4)5)11-9-12-33(28)34-13-10-14-35(29(34)2)48-43(54)39-18-16-32-25-50(22-20-37(32)47-39)27-42(53)56-45(6,7)8/h9-18H,19-27H2,1-8H3,(H,48,54). The smallest absolute Gasteiger partial charge is 0.320 e. The minimum atomic E-state index is -0.532. The summed E-state index contributed by atoms with van der Waals surface area (Å²) in [6, 6.07) is 19.2. The Kier molecular flexibility index (Phi) is 11.9. The molecule has 11 heteroatoms. The van der Waals surface area contributed by atoms with Crippen LogP contribution in [0.25, 0.3) is 11.1 Å². The minimum Gasteiger partial charge on any atom is -0.459 e. The maximum absolute atomic E-state index is 13.6. The highest BCUT2D eigenvalue weighted by molar-refractivity contribution is 6.04. The molecule has 0 unspecified atom stereocenters. The number of nitrogens with zero attached hydrogens (tertiary/aromatic N) is 4. The molecule has 0 aliphatic carbocycles. The Bertz CT molecular complexity index is 2010. The number of rotatable bonds is 10. The summed E-state index contributed by atoms with van der Waals surface area (Å²) in [5, 5.41) is 3.07. The Hall–Kier alpha value is -5.26. The summed E-state index contributed by atoms with van der Waals surface area (Å²) in [6.45, 7) is 18.0. The fourth-order valence-corrected chi connectivity index (χ4v) is 7.29. The fourth-order valence-electron chi connectivity index (χ4n) is 7.29. The lowest BCUT2D eigenvalue weighted by molar-refractivity contribution is -0.157. The van der Waals surface area contributed by atoms with Crippen molar-refractivity contribution in [2.45, 2.75) is 98.9 Å². The number of hydrogen-bond donors (Lipinski definition) is 1. The Morgan fingerprint density at radius 3 is 1.71 bits per heavy atom. The number of pyridine rings is 2. The molecule has 4 heterocycles. The third kappa shape index (κ3) is 10.1. The van der Waals surface area contributed by atoms with Gasteiger partial charge in [-0.25, -0.2) is 9.97 Å². The maximum Gasteiger partial charge on any atom is 0.320 e. The second-order valence-electron chi connectivity index (χ2n) is 16.8. The van der Waals surface area contributed by atoms with Crippen molar-refractivity contribution < 1.29 is 28.7 Å². The van der Waals surface area contributed by atoms with Crippen molar-refractivity contribution in [1.29, 1.82) is 0 Å². The van der Waals surface area contributed by atoms with Crippen LogP contribution in [0.4, 0.5) is 5.69 Å². The molecule has 11 nitrogen and oxygen atoms in total. The number of ketones is 1. The summed E-state index contributed by atoms with van der Waals surface area (Å²) in [5.74, 6) is -0.863. The van der Waals surface area contributed by atoms with Gasteiger partial charge >= 0.3 is 11.9 Å². The van der Waals surface area contributed by atoms with Crippen molar-refractivity contribution >= 4 is 29.3 Å². The highest BCUT2D eigenvalue weighted by Crippen LogP contribution is 2.33. The van der Waals surface area contributed by atoms with Gasteiger partial charge in [-0.3, -0.25) is 29.0 Å². The average Bonchev–Trinajstić information content (AvgIpc) is 3.11. The molecule has 0 fully saturated rings. The highest BCUT2D eigenvalue weighted by atomic mass is 16.6. The topological polar surface area (TPSA) is 131 Å². The number of amides is 1. The van der Waals surface area contributed by atoms with Gasteiger partial charge in [0, 0.05) is 62.5 Å². The van der Waals surface area contributed by atoms with Gasteiger partial charge in [0.1, 0.15) is 22.6 Å². The van der Waals surface area contributed by atoms with E-state index in [4.69, 9.17) is 19.4 Å². The number of ether oxygens (including phenoxy) is 2. The first-order valence-electron chi connectivity index (χ1n) is 19.3. The molecule has 0 bridgehead atoms. The Morgan fingerprint density at radius 1 is 0.661 bits per heavy atom. The van der Waals surface area contributed by atoms with Gasteiger partial charge in [0.2, 0.25) is 0 Å². The second kappa shape index (κ2) is 16.5. The number of nitrogens with one attached hydrogen (secondary N) is 1. The van der Waals surface area contributed by atoms with Gasteiger partial charge in [-0.2, -0.15) is 0 Å². The number of fused-ring (bicyclic) bond motifs is 2. The fraction of sp³-hybridized carbons (Fsp3) is 0.422. The van der Waals surface area contributed by atoms with Crippen molar-refractivity contribution in [1.82, 2.24) is 19.8 Å². The lowest BCUT2D eigenvalue weighted by Crippen LogP contribution is -2.38. The molecule has 0 radical (unpaired) electrons. The van der Waals surface area contributed by atoms with E-state index in [1.54, 1.807) is 12.1 Å². The number of carbonyl (C=O) groups is 4. The van der Waals surface area contributed by atoms with E-state index in [1.807, 2.05) is 114 Å². The number of aromatic nitrogens is 2. The molecule has 294 valence electrons. The number of carbonyl (C=O) groups excluding carboxylic acids is 4. The van der Waals surface area contributed by atoms with Crippen molar-refractivity contribution in [3.8, 4) is 11.1 Å². The van der Waals surface area contributed by atoms with Crippen molar-refractivity contribution in [2.24, 2.45) is 0 Å².